The summed E-state index contributed by atoms with van der Waals surface area (Å²) in [5.41, 5.74) is 0.878. The lowest BCUT2D eigenvalue weighted by molar-refractivity contribution is 0.0951. The molecule has 1 amide bonds. The van der Waals surface area contributed by atoms with Crippen LogP contribution in [0.4, 0.5) is 0 Å². The molecule has 0 aliphatic rings. The first kappa shape index (κ1) is 18.2. The minimum Gasteiger partial charge on any atom is -0.351 e. The summed E-state index contributed by atoms with van der Waals surface area (Å²) in [6.07, 6.45) is 0.660. The van der Waals surface area contributed by atoms with Gasteiger partial charge in [0.25, 0.3) is 11.5 Å². The zero-order valence-electron chi connectivity index (χ0n) is 14.4. The molecule has 0 bridgehead atoms. The van der Waals surface area contributed by atoms with E-state index < -0.39 is 11.5 Å². The van der Waals surface area contributed by atoms with E-state index in [0.717, 1.165) is 5.56 Å². The molecule has 2 N–H and O–H groups in total. The summed E-state index contributed by atoms with van der Waals surface area (Å²) in [6, 6.07) is 7.43. The monoisotopic (exact) mass is 347 g/mol. The van der Waals surface area contributed by atoms with Gasteiger partial charge in [0.15, 0.2) is 0 Å². The number of hydrogen-bond acceptors (Lipinski definition) is 3. The predicted octanol–water partition coefficient (Wildman–Crippen LogP) is 3.00. The Kier molecular flexibility index (Phi) is 5.44. The largest absolute Gasteiger partial charge is 0.351 e. The number of amides is 1. The molecule has 1 aromatic carbocycles. The maximum absolute atomic E-state index is 12.3. The van der Waals surface area contributed by atoms with E-state index in [2.05, 4.69) is 15.3 Å². The number of halogens is 1. The molecule has 0 atom stereocenters. The predicted molar refractivity (Wildman–Crippen MR) is 95.8 cm³/mol. The molecule has 24 heavy (non-hydrogen) atoms. The van der Waals surface area contributed by atoms with Crippen molar-refractivity contribution >= 4 is 17.5 Å². The highest BCUT2D eigenvalue weighted by atomic mass is 35.5. The summed E-state index contributed by atoms with van der Waals surface area (Å²) in [5, 5.41) is 3.45. The second-order valence-corrected chi connectivity index (χ2v) is 7.19. The van der Waals surface area contributed by atoms with E-state index in [1.807, 2.05) is 45.0 Å². The average molecular weight is 348 g/mol. The first-order valence-corrected chi connectivity index (χ1v) is 8.20. The molecule has 0 saturated heterocycles. The lowest BCUT2D eigenvalue weighted by Crippen LogP contribution is -2.34. The fraction of sp³-hybridized carbons (Fsp3) is 0.389. The van der Waals surface area contributed by atoms with E-state index in [9.17, 15) is 9.59 Å². The highest BCUT2D eigenvalue weighted by Crippen LogP contribution is 2.17. The van der Waals surface area contributed by atoms with Gasteiger partial charge in [0.05, 0.1) is 5.69 Å². The van der Waals surface area contributed by atoms with Gasteiger partial charge < -0.3 is 10.3 Å². The third kappa shape index (κ3) is 4.45. The van der Waals surface area contributed by atoms with Gasteiger partial charge >= 0.3 is 0 Å². The smallest absolute Gasteiger partial charge is 0.264 e. The fourth-order valence-corrected chi connectivity index (χ4v) is 2.39. The normalized spacial score (nSPS) is 11.4. The number of nitrogens with one attached hydrogen (secondary N) is 2. The summed E-state index contributed by atoms with van der Waals surface area (Å²) in [5.74, 6) is 0.165. The summed E-state index contributed by atoms with van der Waals surface area (Å²) >= 11 is 5.84. The van der Waals surface area contributed by atoms with Gasteiger partial charge in [0.2, 0.25) is 0 Å². The topological polar surface area (TPSA) is 74.8 Å². The Balaban J connectivity index is 2.07. The molecule has 0 fully saturated rings. The van der Waals surface area contributed by atoms with Gasteiger partial charge in [-0.1, -0.05) is 44.5 Å². The minimum absolute atomic E-state index is 0.0686. The Morgan fingerprint density at radius 1 is 1.25 bits per heavy atom. The van der Waals surface area contributed by atoms with Crippen LogP contribution >= 0.6 is 11.6 Å². The zero-order chi connectivity index (χ0) is 17.9. The van der Waals surface area contributed by atoms with Crippen LogP contribution in [-0.4, -0.2) is 22.4 Å². The molecule has 1 heterocycles. The van der Waals surface area contributed by atoms with E-state index in [1.165, 1.54) is 0 Å². The number of rotatable bonds is 4. The van der Waals surface area contributed by atoms with E-state index in [0.29, 0.717) is 29.5 Å². The first-order valence-electron chi connectivity index (χ1n) is 7.82. The van der Waals surface area contributed by atoms with E-state index in [1.54, 1.807) is 6.92 Å². The third-order valence-corrected chi connectivity index (χ3v) is 3.90. The van der Waals surface area contributed by atoms with Gasteiger partial charge in [-0.15, -0.1) is 0 Å². The van der Waals surface area contributed by atoms with Crippen LogP contribution in [0.3, 0.4) is 0 Å². The summed E-state index contributed by atoms with van der Waals surface area (Å²) in [4.78, 5) is 31.6. The zero-order valence-corrected chi connectivity index (χ0v) is 15.1. The van der Waals surface area contributed by atoms with Crippen LogP contribution in [-0.2, 0) is 11.8 Å². The molecular formula is C18H22ClN3O2. The van der Waals surface area contributed by atoms with Gasteiger partial charge in [-0.25, -0.2) is 4.98 Å². The molecule has 1 aromatic heterocycles. The minimum atomic E-state index is -0.407. The maximum atomic E-state index is 12.3. The van der Waals surface area contributed by atoms with Crippen LogP contribution in [0.2, 0.25) is 5.02 Å². The van der Waals surface area contributed by atoms with E-state index in [4.69, 9.17) is 11.6 Å². The molecule has 0 aliphatic carbocycles. The van der Waals surface area contributed by atoms with Crippen LogP contribution in [0.5, 0.6) is 0 Å². The molecule has 5 nitrogen and oxygen atoms in total. The van der Waals surface area contributed by atoms with Crippen molar-refractivity contribution < 1.29 is 4.79 Å². The second kappa shape index (κ2) is 7.18. The summed E-state index contributed by atoms with van der Waals surface area (Å²) in [6.45, 7) is 7.97. The number of aromatic amines is 1. The van der Waals surface area contributed by atoms with Crippen molar-refractivity contribution in [2.75, 3.05) is 6.54 Å². The van der Waals surface area contributed by atoms with Crippen molar-refractivity contribution in [3.63, 3.8) is 0 Å². The summed E-state index contributed by atoms with van der Waals surface area (Å²) < 4.78 is 0. The van der Waals surface area contributed by atoms with E-state index >= 15 is 0 Å². The number of carbonyl (C=O) groups is 1. The Morgan fingerprint density at radius 3 is 2.42 bits per heavy atom. The number of hydrogen-bond donors (Lipinski definition) is 2. The molecule has 128 valence electrons. The second-order valence-electron chi connectivity index (χ2n) is 6.76. The van der Waals surface area contributed by atoms with Gasteiger partial charge in [-0.3, -0.25) is 9.59 Å². The van der Waals surface area contributed by atoms with Crippen molar-refractivity contribution in [1.82, 2.24) is 15.3 Å². The van der Waals surface area contributed by atoms with Crippen LogP contribution in [0.25, 0.3) is 0 Å². The number of carbonyl (C=O) groups excluding carboxylic acids is 1. The SMILES string of the molecule is Cc1nc(C(C)(C)C)[nH]c(=O)c1C(=O)NCCc1ccc(Cl)cc1. The van der Waals surface area contributed by atoms with Crippen molar-refractivity contribution in [2.45, 2.75) is 39.5 Å². The number of aromatic nitrogens is 2. The number of aryl methyl sites for hydroxylation is 1. The van der Waals surface area contributed by atoms with Crippen molar-refractivity contribution in [1.29, 1.82) is 0 Å². The quantitative estimate of drug-likeness (QED) is 0.892. The molecule has 6 heteroatoms. The Labute approximate surface area is 146 Å². The number of H-pyrrole nitrogens is 1. The molecule has 0 radical (unpaired) electrons. The first-order chi connectivity index (χ1) is 11.2. The van der Waals surface area contributed by atoms with Gasteiger partial charge in [0.1, 0.15) is 11.4 Å². The number of benzene rings is 1. The molecule has 0 unspecified atom stereocenters. The Morgan fingerprint density at radius 2 is 1.88 bits per heavy atom. The Bertz CT molecular complexity index is 789. The highest BCUT2D eigenvalue weighted by molar-refractivity contribution is 6.30. The fourth-order valence-electron chi connectivity index (χ4n) is 2.27. The lowest BCUT2D eigenvalue weighted by Gasteiger charge is -2.18. The van der Waals surface area contributed by atoms with E-state index in [-0.39, 0.29) is 11.0 Å². The van der Waals surface area contributed by atoms with Crippen LogP contribution in [0.15, 0.2) is 29.1 Å². The molecular weight excluding hydrogens is 326 g/mol. The molecule has 0 aliphatic heterocycles. The standard InChI is InChI=1S/C18H22ClN3O2/c1-11-14(16(24)22-17(21-11)18(2,3)4)15(23)20-10-9-12-5-7-13(19)8-6-12/h5-8H,9-10H2,1-4H3,(H,20,23)(H,21,22,24). The van der Waals surface area contributed by atoms with Crippen molar-refractivity contribution in [3.8, 4) is 0 Å². The van der Waals surface area contributed by atoms with Crippen molar-refractivity contribution in [2.24, 2.45) is 0 Å². The maximum Gasteiger partial charge on any atom is 0.264 e. The summed E-state index contributed by atoms with van der Waals surface area (Å²) in [7, 11) is 0. The Hall–Kier alpha value is -2.14. The molecule has 0 spiro atoms. The lowest BCUT2D eigenvalue weighted by atomic mass is 9.95. The van der Waals surface area contributed by atoms with Gasteiger partial charge in [0, 0.05) is 17.0 Å². The molecule has 2 rings (SSSR count). The highest BCUT2D eigenvalue weighted by Gasteiger charge is 2.21. The van der Waals surface area contributed by atoms with Crippen LogP contribution in [0.1, 0.15) is 48.2 Å². The molecule has 0 saturated carbocycles. The van der Waals surface area contributed by atoms with Crippen LogP contribution < -0.4 is 10.9 Å². The average Bonchev–Trinajstić information content (AvgIpc) is 2.47. The van der Waals surface area contributed by atoms with Gasteiger partial charge in [-0.2, -0.15) is 0 Å². The third-order valence-electron chi connectivity index (χ3n) is 3.65. The number of nitrogens with zero attached hydrogens (tertiary/aromatic N) is 1. The van der Waals surface area contributed by atoms with Gasteiger partial charge in [-0.05, 0) is 31.0 Å². The van der Waals surface area contributed by atoms with Crippen LogP contribution in [0, 0.1) is 6.92 Å². The van der Waals surface area contributed by atoms with Crippen molar-refractivity contribution in [3.05, 3.63) is 62.3 Å². The molecule has 2 aromatic rings.